The normalized spacial score (nSPS) is 16.0. The molecule has 146 valence electrons. The first-order valence-corrected chi connectivity index (χ1v) is 11.3. The SMILES string of the molecule is CCCN(CCC)S(=O)(=O)c1ccc(C(=O)NCC2CCCCC2)cc1. The summed E-state index contributed by atoms with van der Waals surface area (Å²) in [6.07, 6.45) is 7.72. The summed E-state index contributed by atoms with van der Waals surface area (Å²) in [4.78, 5) is 12.6. The molecule has 5 nitrogen and oxygen atoms in total. The first-order valence-electron chi connectivity index (χ1n) is 9.87. The van der Waals surface area contributed by atoms with Crippen LogP contribution in [0.3, 0.4) is 0 Å². The monoisotopic (exact) mass is 380 g/mol. The second kappa shape index (κ2) is 10.1. The lowest BCUT2D eigenvalue weighted by Gasteiger charge is -2.22. The van der Waals surface area contributed by atoms with Crippen molar-refractivity contribution in [2.24, 2.45) is 5.92 Å². The van der Waals surface area contributed by atoms with Gasteiger partial charge in [0.1, 0.15) is 0 Å². The van der Waals surface area contributed by atoms with Crippen molar-refractivity contribution >= 4 is 15.9 Å². The Bertz CT molecular complexity index is 659. The van der Waals surface area contributed by atoms with Crippen LogP contribution in [0.15, 0.2) is 29.2 Å². The molecule has 0 unspecified atom stereocenters. The van der Waals surface area contributed by atoms with Crippen LogP contribution in [0.5, 0.6) is 0 Å². The maximum atomic E-state index is 12.8. The lowest BCUT2D eigenvalue weighted by atomic mass is 9.89. The second-order valence-electron chi connectivity index (χ2n) is 7.14. The van der Waals surface area contributed by atoms with E-state index in [0.717, 1.165) is 12.8 Å². The van der Waals surface area contributed by atoms with E-state index in [0.29, 0.717) is 31.1 Å². The molecule has 0 spiro atoms. The smallest absolute Gasteiger partial charge is 0.251 e. The Morgan fingerprint density at radius 1 is 1.04 bits per heavy atom. The Hall–Kier alpha value is -1.40. The fourth-order valence-corrected chi connectivity index (χ4v) is 5.13. The molecule has 0 aromatic heterocycles. The average Bonchev–Trinajstić information content (AvgIpc) is 2.67. The van der Waals surface area contributed by atoms with E-state index in [-0.39, 0.29) is 10.8 Å². The number of rotatable bonds is 9. The van der Waals surface area contributed by atoms with Crippen LogP contribution in [-0.4, -0.2) is 38.3 Å². The van der Waals surface area contributed by atoms with Gasteiger partial charge in [0.2, 0.25) is 10.0 Å². The molecule has 1 aliphatic carbocycles. The molecule has 0 saturated heterocycles. The van der Waals surface area contributed by atoms with Gasteiger partial charge in [-0.05, 0) is 55.9 Å². The number of carbonyl (C=O) groups is 1. The molecule has 0 heterocycles. The highest BCUT2D eigenvalue weighted by molar-refractivity contribution is 7.89. The summed E-state index contributed by atoms with van der Waals surface area (Å²) < 4.78 is 27.0. The van der Waals surface area contributed by atoms with Gasteiger partial charge in [-0.1, -0.05) is 33.1 Å². The van der Waals surface area contributed by atoms with Crippen LogP contribution >= 0.6 is 0 Å². The molecular weight excluding hydrogens is 348 g/mol. The Morgan fingerprint density at radius 3 is 2.15 bits per heavy atom. The molecule has 1 amide bonds. The lowest BCUT2D eigenvalue weighted by Crippen LogP contribution is -2.32. The van der Waals surface area contributed by atoms with Gasteiger partial charge in [-0.2, -0.15) is 4.31 Å². The second-order valence-corrected chi connectivity index (χ2v) is 9.08. The molecule has 6 heteroatoms. The third-order valence-corrected chi connectivity index (χ3v) is 6.89. The first kappa shape index (κ1) is 20.9. The Morgan fingerprint density at radius 2 is 1.62 bits per heavy atom. The zero-order valence-corrected chi connectivity index (χ0v) is 16.9. The van der Waals surface area contributed by atoms with Gasteiger partial charge in [-0.3, -0.25) is 4.79 Å². The Kier molecular flexibility index (Phi) is 8.10. The molecule has 1 N–H and O–H groups in total. The maximum Gasteiger partial charge on any atom is 0.251 e. The summed E-state index contributed by atoms with van der Waals surface area (Å²) >= 11 is 0. The van der Waals surface area contributed by atoms with Gasteiger partial charge < -0.3 is 5.32 Å². The summed E-state index contributed by atoms with van der Waals surface area (Å²) in [6, 6.07) is 6.31. The molecule has 1 aliphatic rings. The number of nitrogens with zero attached hydrogens (tertiary/aromatic N) is 1. The zero-order chi connectivity index (χ0) is 19.0. The maximum absolute atomic E-state index is 12.8. The van der Waals surface area contributed by atoms with E-state index >= 15 is 0 Å². The van der Waals surface area contributed by atoms with Gasteiger partial charge in [-0.25, -0.2) is 8.42 Å². The van der Waals surface area contributed by atoms with E-state index in [2.05, 4.69) is 5.32 Å². The molecule has 0 aliphatic heterocycles. The van der Waals surface area contributed by atoms with Crippen molar-refractivity contribution in [3.63, 3.8) is 0 Å². The quantitative estimate of drug-likeness (QED) is 0.708. The van der Waals surface area contributed by atoms with Crippen molar-refractivity contribution in [2.75, 3.05) is 19.6 Å². The highest BCUT2D eigenvalue weighted by Gasteiger charge is 2.23. The van der Waals surface area contributed by atoms with Crippen molar-refractivity contribution in [1.29, 1.82) is 0 Å². The molecule has 0 bridgehead atoms. The van der Waals surface area contributed by atoms with Crippen LogP contribution in [0, 0.1) is 5.92 Å². The highest BCUT2D eigenvalue weighted by Crippen LogP contribution is 2.23. The van der Waals surface area contributed by atoms with E-state index in [9.17, 15) is 13.2 Å². The predicted molar refractivity (Wildman–Crippen MR) is 105 cm³/mol. The molecule has 26 heavy (non-hydrogen) atoms. The summed E-state index contributed by atoms with van der Waals surface area (Å²) in [7, 11) is -3.50. The molecule has 1 saturated carbocycles. The van der Waals surface area contributed by atoms with Crippen LogP contribution in [0.1, 0.15) is 69.2 Å². The number of benzene rings is 1. The average molecular weight is 381 g/mol. The minimum atomic E-state index is -3.50. The number of nitrogens with one attached hydrogen (secondary N) is 1. The van der Waals surface area contributed by atoms with Crippen molar-refractivity contribution in [3.8, 4) is 0 Å². The van der Waals surface area contributed by atoms with Gasteiger partial charge >= 0.3 is 0 Å². The molecule has 1 aromatic carbocycles. The van der Waals surface area contributed by atoms with Crippen LogP contribution < -0.4 is 5.32 Å². The Labute approximate surface area is 158 Å². The molecule has 1 fully saturated rings. The molecule has 0 radical (unpaired) electrons. The topological polar surface area (TPSA) is 66.5 Å². The fraction of sp³-hybridized carbons (Fsp3) is 0.650. The van der Waals surface area contributed by atoms with Crippen molar-refractivity contribution in [1.82, 2.24) is 9.62 Å². The summed E-state index contributed by atoms with van der Waals surface area (Å²) in [5, 5.41) is 2.99. The third kappa shape index (κ3) is 5.55. The molecule has 0 atom stereocenters. The van der Waals surface area contributed by atoms with Crippen LogP contribution in [-0.2, 0) is 10.0 Å². The predicted octanol–water partition coefficient (Wildman–Crippen LogP) is 3.81. The number of carbonyl (C=O) groups excluding carboxylic acids is 1. The molecular formula is C20H32N2O3S. The van der Waals surface area contributed by atoms with Gasteiger partial charge in [0, 0.05) is 25.2 Å². The van der Waals surface area contributed by atoms with E-state index in [1.807, 2.05) is 13.8 Å². The van der Waals surface area contributed by atoms with Crippen molar-refractivity contribution in [3.05, 3.63) is 29.8 Å². The minimum absolute atomic E-state index is 0.126. The van der Waals surface area contributed by atoms with E-state index < -0.39 is 10.0 Å². The molecule has 2 rings (SSSR count). The van der Waals surface area contributed by atoms with E-state index in [1.165, 1.54) is 36.4 Å². The van der Waals surface area contributed by atoms with Crippen LogP contribution in [0.2, 0.25) is 0 Å². The first-order chi connectivity index (χ1) is 12.5. The number of hydrogen-bond acceptors (Lipinski definition) is 3. The lowest BCUT2D eigenvalue weighted by molar-refractivity contribution is 0.0943. The van der Waals surface area contributed by atoms with Gasteiger partial charge in [0.25, 0.3) is 5.91 Å². The fourth-order valence-electron chi connectivity index (χ4n) is 3.51. The largest absolute Gasteiger partial charge is 0.352 e. The minimum Gasteiger partial charge on any atom is -0.352 e. The van der Waals surface area contributed by atoms with Crippen molar-refractivity contribution < 1.29 is 13.2 Å². The standard InChI is InChI=1S/C20H32N2O3S/c1-3-14-22(15-4-2)26(24,25)19-12-10-18(11-13-19)20(23)21-16-17-8-6-5-7-9-17/h10-13,17H,3-9,14-16H2,1-2H3,(H,21,23). The third-order valence-electron chi connectivity index (χ3n) is 4.98. The summed E-state index contributed by atoms with van der Waals surface area (Å²) in [5.74, 6) is 0.447. The molecule has 1 aromatic rings. The number of hydrogen-bond donors (Lipinski definition) is 1. The van der Waals surface area contributed by atoms with Crippen LogP contribution in [0.25, 0.3) is 0 Å². The summed E-state index contributed by atoms with van der Waals surface area (Å²) in [5.41, 5.74) is 0.511. The van der Waals surface area contributed by atoms with Gasteiger partial charge in [-0.15, -0.1) is 0 Å². The Balaban J connectivity index is 2.00. The zero-order valence-electron chi connectivity index (χ0n) is 16.0. The number of amides is 1. The number of sulfonamides is 1. The van der Waals surface area contributed by atoms with Gasteiger partial charge in [0.15, 0.2) is 0 Å². The summed E-state index contributed by atoms with van der Waals surface area (Å²) in [6.45, 7) is 5.68. The van der Waals surface area contributed by atoms with Crippen LogP contribution in [0.4, 0.5) is 0 Å². The van der Waals surface area contributed by atoms with E-state index in [4.69, 9.17) is 0 Å². The van der Waals surface area contributed by atoms with E-state index in [1.54, 1.807) is 24.3 Å². The van der Waals surface area contributed by atoms with Crippen molar-refractivity contribution in [2.45, 2.75) is 63.7 Å². The van der Waals surface area contributed by atoms with Gasteiger partial charge in [0.05, 0.1) is 4.90 Å². The highest BCUT2D eigenvalue weighted by atomic mass is 32.2.